The molecule has 1 saturated heterocycles. The number of rotatable bonds is 2. The molecule has 0 unspecified atom stereocenters. The van der Waals surface area contributed by atoms with Gasteiger partial charge in [-0.25, -0.2) is 4.39 Å². The van der Waals surface area contributed by atoms with E-state index in [1.165, 1.54) is 18.6 Å². The molecule has 1 aliphatic rings. The maximum Gasteiger partial charge on any atom is 0.324 e. The second-order valence-electron chi connectivity index (χ2n) is 4.46. The molecule has 0 saturated carbocycles. The van der Waals surface area contributed by atoms with E-state index in [0.29, 0.717) is 11.8 Å². The quantitative estimate of drug-likeness (QED) is 0.848. The first kappa shape index (κ1) is 13.8. The third kappa shape index (κ3) is 3.04. The van der Waals surface area contributed by atoms with Crippen LogP contribution in [0.3, 0.4) is 0 Å². The molecule has 1 aromatic heterocycles. The number of benzene rings is 1. The van der Waals surface area contributed by atoms with E-state index in [-0.39, 0.29) is 18.2 Å². The fourth-order valence-electron chi connectivity index (χ4n) is 2.15. The van der Waals surface area contributed by atoms with Gasteiger partial charge in [-0.05, 0) is 43.5 Å². The zero-order valence-corrected chi connectivity index (χ0v) is 11.2. The Bertz CT molecular complexity index is 523. The summed E-state index contributed by atoms with van der Waals surface area (Å²) in [5, 5.41) is 3.94. The molecule has 0 aliphatic carbocycles. The molecular weight excluding hydrogens is 269 g/mol. The Balaban J connectivity index is 0.00000133. The summed E-state index contributed by atoms with van der Waals surface area (Å²) >= 11 is 0. The molecule has 0 radical (unpaired) electrons. The molecule has 0 spiro atoms. The van der Waals surface area contributed by atoms with Crippen molar-refractivity contribution in [2.45, 2.75) is 19.3 Å². The normalized spacial score (nSPS) is 15.1. The fourth-order valence-corrected chi connectivity index (χ4v) is 2.15. The molecule has 2 aromatic rings. The topological polar surface area (TPSA) is 42.2 Å². The van der Waals surface area contributed by atoms with Gasteiger partial charge in [-0.1, -0.05) is 5.16 Å². The van der Waals surface area contributed by atoms with Crippen LogP contribution in [0.15, 0.2) is 28.8 Å². The minimum Gasteiger partial charge on any atom is -0.324 e. The number of piperidine rings is 1. The highest BCUT2D eigenvalue weighted by molar-refractivity contribution is 5.85. The summed E-state index contributed by atoms with van der Waals surface area (Å²) in [6, 6.07) is 6.66. The zero-order valence-electron chi connectivity index (χ0n) is 10.4. The Morgan fingerprint density at radius 1 is 1.05 bits per heavy atom. The largest absolute Gasteiger partial charge is 0.324 e. The van der Waals surface area contributed by atoms with E-state index in [1.54, 1.807) is 12.1 Å². The van der Waals surface area contributed by atoms with E-state index in [2.05, 4.69) is 15.0 Å². The lowest BCUT2D eigenvalue weighted by Crippen LogP contribution is -2.29. The molecule has 2 heterocycles. The number of anilines is 1. The predicted molar refractivity (Wildman–Crippen MR) is 73.0 cm³/mol. The molecule has 0 amide bonds. The van der Waals surface area contributed by atoms with Crippen molar-refractivity contribution in [2.75, 3.05) is 18.0 Å². The second-order valence-corrected chi connectivity index (χ2v) is 4.46. The molecule has 19 heavy (non-hydrogen) atoms. The molecule has 0 N–H and O–H groups in total. The van der Waals surface area contributed by atoms with Gasteiger partial charge in [0.25, 0.3) is 0 Å². The summed E-state index contributed by atoms with van der Waals surface area (Å²) in [4.78, 5) is 6.46. The first-order chi connectivity index (χ1) is 8.83. The average Bonchev–Trinajstić information content (AvgIpc) is 2.90. The van der Waals surface area contributed by atoms with Gasteiger partial charge in [-0.2, -0.15) is 4.98 Å². The first-order valence-electron chi connectivity index (χ1n) is 6.17. The number of hydrogen-bond acceptors (Lipinski definition) is 4. The summed E-state index contributed by atoms with van der Waals surface area (Å²) in [5.74, 6) is 0.245. The van der Waals surface area contributed by atoms with Gasteiger partial charge in [0.1, 0.15) is 5.82 Å². The molecule has 102 valence electrons. The predicted octanol–water partition coefficient (Wildman–Crippen LogP) is 3.29. The van der Waals surface area contributed by atoms with Crippen LogP contribution >= 0.6 is 12.4 Å². The summed E-state index contributed by atoms with van der Waals surface area (Å²) in [6.45, 7) is 1.93. The molecule has 4 nitrogen and oxygen atoms in total. The Hall–Kier alpha value is -1.62. The van der Waals surface area contributed by atoms with Crippen LogP contribution in [-0.4, -0.2) is 23.2 Å². The lowest BCUT2D eigenvalue weighted by atomic mass is 10.1. The van der Waals surface area contributed by atoms with Crippen LogP contribution in [0.1, 0.15) is 19.3 Å². The number of aromatic nitrogens is 2. The second kappa shape index (κ2) is 6.02. The average molecular weight is 284 g/mol. The fraction of sp³-hybridized carbons (Fsp3) is 0.385. The van der Waals surface area contributed by atoms with E-state index in [1.807, 2.05) is 0 Å². The van der Waals surface area contributed by atoms with E-state index in [9.17, 15) is 4.39 Å². The van der Waals surface area contributed by atoms with Gasteiger partial charge >= 0.3 is 6.01 Å². The van der Waals surface area contributed by atoms with Gasteiger partial charge in [0.15, 0.2) is 0 Å². The smallest absolute Gasteiger partial charge is 0.324 e. The number of nitrogens with zero attached hydrogens (tertiary/aromatic N) is 3. The Kier molecular flexibility index (Phi) is 4.37. The molecule has 1 aliphatic heterocycles. The van der Waals surface area contributed by atoms with Crippen molar-refractivity contribution in [2.24, 2.45) is 0 Å². The van der Waals surface area contributed by atoms with Gasteiger partial charge in [0, 0.05) is 18.7 Å². The molecule has 1 aromatic carbocycles. The summed E-state index contributed by atoms with van der Waals surface area (Å²) in [6.07, 6.45) is 3.58. The van der Waals surface area contributed by atoms with Crippen LogP contribution < -0.4 is 4.90 Å². The van der Waals surface area contributed by atoms with Gasteiger partial charge in [0.2, 0.25) is 5.82 Å². The highest BCUT2D eigenvalue weighted by Gasteiger charge is 2.17. The SMILES string of the molecule is Cl.Fc1ccc(-c2noc(N3CCCCC3)n2)cc1. The molecule has 0 atom stereocenters. The van der Waals surface area contributed by atoms with Crippen molar-refractivity contribution in [3.63, 3.8) is 0 Å². The van der Waals surface area contributed by atoms with Gasteiger partial charge < -0.3 is 9.42 Å². The summed E-state index contributed by atoms with van der Waals surface area (Å²) in [7, 11) is 0. The van der Waals surface area contributed by atoms with E-state index in [0.717, 1.165) is 31.5 Å². The van der Waals surface area contributed by atoms with Gasteiger partial charge in [-0.3, -0.25) is 0 Å². The van der Waals surface area contributed by atoms with Gasteiger partial charge in [0.05, 0.1) is 0 Å². The number of hydrogen-bond donors (Lipinski definition) is 0. The highest BCUT2D eigenvalue weighted by atomic mass is 35.5. The summed E-state index contributed by atoms with van der Waals surface area (Å²) < 4.78 is 18.1. The maximum atomic E-state index is 12.8. The minimum absolute atomic E-state index is 0. The van der Waals surface area contributed by atoms with Crippen LogP contribution in [0.2, 0.25) is 0 Å². The van der Waals surface area contributed by atoms with Crippen LogP contribution in [-0.2, 0) is 0 Å². The van der Waals surface area contributed by atoms with Crippen molar-refractivity contribution >= 4 is 18.4 Å². The number of halogens is 2. The lowest BCUT2D eigenvalue weighted by Gasteiger charge is -2.23. The molecular formula is C13H15ClFN3O. The van der Waals surface area contributed by atoms with Crippen LogP contribution in [0.4, 0.5) is 10.4 Å². The Labute approximate surface area is 117 Å². The first-order valence-corrected chi connectivity index (χ1v) is 6.17. The molecule has 3 rings (SSSR count). The Morgan fingerprint density at radius 2 is 1.74 bits per heavy atom. The monoisotopic (exact) mass is 283 g/mol. The minimum atomic E-state index is -0.265. The maximum absolute atomic E-state index is 12.8. The van der Waals surface area contributed by atoms with E-state index >= 15 is 0 Å². The lowest BCUT2D eigenvalue weighted by molar-refractivity contribution is 0.403. The standard InChI is InChI=1S/C13H14FN3O.ClH/c14-11-6-4-10(5-7-11)12-15-13(18-16-12)17-8-2-1-3-9-17;/h4-7H,1-3,8-9H2;1H. The van der Waals surface area contributed by atoms with Gasteiger partial charge in [-0.15, -0.1) is 12.4 Å². The molecule has 0 bridgehead atoms. The third-order valence-corrected chi connectivity index (χ3v) is 3.14. The highest BCUT2D eigenvalue weighted by Crippen LogP contribution is 2.22. The zero-order chi connectivity index (χ0) is 12.4. The van der Waals surface area contributed by atoms with Crippen molar-refractivity contribution < 1.29 is 8.91 Å². The van der Waals surface area contributed by atoms with Crippen molar-refractivity contribution in [1.82, 2.24) is 10.1 Å². The van der Waals surface area contributed by atoms with E-state index < -0.39 is 0 Å². The van der Waals surface area contributed by atoms with Crippen molar-refractivity contribution in [3.05, 3.63) is 30.1 Å². The van der Waals surface area contributed by atoms with Crippen LogP contribution in [0.5, 0.6) is 0 Å². The molecule has 6 heteroatoms. The Morgan fingerprint density at radius 3 is 2.42 bits per heavy atom. The van der Waals surface area contributed by atoms with Crippen LogP contribution in [0.25, 0.3) is 11.4 Å². The van der Waals surface area contributed by atoms with Crippen molar-refractivity contribution in [3.8, 4) is 11.4 Å². The van der Waals surface area contributed by atoms with E-state index in [4.69, 9.17) is 4.52 Å². The third-order valence-electron chi connectivity index (χ3n) is 3.14. The van der Waals surface area contributed by atoms with Crippen LogP contribution in [0, 0.1) is 5.82 Å². The van der Waals surface area contributed by atoms with Crippen molar-refractivity contribution in [1.29, 1.82) is 0 Å². The summed E-state index contributed by atoms with van der Waals surface area (Å²) in [5.41, 5.74) is 0.767. The molecule has 1 fully saturated rings.